The molecule has 0 unspecified atom stereocenters. The number of nitrogens with zero attached hydrogens (tertiary/aromatic N) is 2. The minimum Gasteiger partial charge on any atom is -0.461 e. The Bertz CT molecular complexity index is 333. The first-order valence-electron chi connectivity index (χ1n) is 4.37. The summed E-state index contributed by atoms with van der Waals surface area (Å²) in [4.78, 5) is 18.8. The maximum absolute atomic E-state index is 11.3. The number of rotatable bonds is 5. The fourth-order valence-electron chi connectivity index (χ4n) is 0.883. The molecular formula is C9H11ClN2O3. The minimum absolute atomic E-state index is 0.111. The molecule has 6 heteroatoms. The van der Waals surface area contributed by atoms with Gasteiger partial charge in [0.05, 0.1) is 19.0 Å². The zero-order valence-corrected chi connectivity index (χ0v) is 9.03. The van der Waals surface area contributed by atoms with Crippen LogP contribution in [0.2, 0.25) is 5.15 Å². The lowest BCUT2D eigenvalue weighted by Crippen LogP contribution is -2.10. The Morgan fingerprint density at radius 2 is 2.27 bits per heavy atom. The van der Waals surface area contributed by atoms with Crippen molar-refractivity contribution in [1.29, 1.82) is 0 Å². The molecule has 0 saturated carbocycles. The standard InChI is InChI=1S/C9H11ClN2O3/c1-14-3-2-4-15-9(13)7-5-11-6-8(10)12-7/h5-6H,2-4H2,1H3. The third-order valence-electron chi connectivity index (χ3n) is 1.54. The Kier molecular flexibility index (Phi) is 5.00. The second-order valence-electron chi connectivity index (χ2n) is 2.71. The van der Waals surface area contributed by atoms with Gasteiger partial charge in [-0.05, 0) is 0 Å². The quantitative estimate of drug-likeness (QED) is 0.564. The van der Waals surface area contributed by atoms with Crippen LogP contribution in [0.5, 0.6) is 0 Å². The Balaban J connectivity index is 2.40. The molecule has 0 bridgehead atoms. The van der Waals surface area contributed by atoms with Crippen LogP contribution in [0.1, 0.15) is 16.9 Å². The van der Waals surface area contributed by atoms with Crippen LogP contribution in [-0.2, 0) is 9.47 Å². The first kappa shape index (κ1) is 11.9. The molecule has 1 rings (SSSR count). The Morgan fingerprint density at radius 3 is 2.93 bits per heavy atom. The van der Waals surface area contributed by atoms with Crippen LogP contribution in [0.15, 0.2) is 12.4 Å². The van der Waals surface area contributed by atoms with Crippen molar-refractivity contribution in [1.82, 2.24) is 9.97 Å². The van der Waals surface area contributed by atoms with E-state index in [9.17, 15) is 4.79 Å². The van der Waals surface area contributed by atoms with Crippen LogP contribution in [0, 0.1) is 0 Å². The predicted octanol–water partition coefficient (Wildman–Crippen LogP) is 1.32. The number of methoxy groups -OCH3 is 1. The molecule has 0 fully saturated rings. The van der Waals surface area contributed by atoms with Gasteiger partial charge >= 0.3 is 5.97 Å². The molecule has 0 saturated heterocycles. The number of carbonyl (C=O) groups excluding carboxylic acids is 1. The zero-order chi connectivity index (χ0) is 11.1. The van der Waals surface area contributed by atoms with Crippen LogP contribution in [0.4, 0.5) is 0 Å². The van der Waals surface area contributed by atoms with Crippen molar-refractivity contribution in [3.05, 3.63) is 23.2 Å². The lowest BCUT2D eigenvalue weighted by atomic mass is 10.4. The van der Waals surface area contributed by atoms with E-state index in [0.29, 0.717) is 19.6 Å². The fraction of sp³-hybridized carbons (Fsp3) is 0.444. The molecule has 0 aliphatic rings. The molecule has 0 N–H and O–H groups in total. The molecule has 0 amide bonds. The highest BCUT2D eigenvalue weighted by atomic mass is 35.5. The number of esters is 1. The second kappa shape index (κ2) is 6.31. The number of halogens is 1. The molecule has 0 aliphatic heterocycles. The topological polar surface area (TPSA) is 61.3 Å². The highest BCUT2D eigenvalue weighted by Gasteiger charge is 2.09. The molecular weight excluding hydrogens is 220 g/mol. The minimum atomic E-state index is -0.527. The van der Waals surface area contributed by atoms with Gasteiger partial charge in [0.2, 0.25) is 0 Å². The van der Waals surface area contributed by atoms with E-state index in [2.05, 4.69) is 9.97 Å². The van der Waals surface area contributed by atoms with Gasteiger partial charge in [-0.25, -0.2) is 9.78 Å². The fourth-order valence-corrected chi connectivity index (χ4v) is 1.03. The van der Waals surface area contributed by atoms with E-state index in [-0.39, 0.29) is 10.8 Å². The van der Waals surface area contributed by atoms with E-state index in [0.717, 1.165) is 0 Å². The zero-order valence-electron chi connectivity index (χ0n) is 8.27. The first-order chi connectivity index (χ1) is 7.24. The normalized spacial score (nSPS) is 10.0. The lowest BCUT2D eigenvalue weighted by molar-refractivity contribution is 0.0461. The number of hydrogen-bond donors (Lipinski definition) is 0. The first-order valence-corrected chi connectivity index (χ1v) is 4.75. The number of ether oxygens (including phenoxy) is 2. The summed E-state index contributed by atoms with van der Waals surface area (Å²) in [6, 6.07) is 0. The van der Waals surface area contributed by atoms with Gasteiger partial charge in [-0.15, -0.1) is 0 Å². The SMILES string of the molecule is COCCCOC(=O)c1cncc(Cl)n1. The maximum Gasteiger partial charge on any atom is 0.358 e. The third-order valence-corrected chi connectivity index (χ3v) is 1.72. The predicted molar refractivity (Wildman–Crippen MR) is 53.8 cm³/mol. The molecule has 15 heavy (non-hydrogen) atoms. The van der Waals surface area contributed by atoms with Crippen LogP contribution >= 0.6 is 11.6 Å². The van der Waals surface area contributed by atoms with E-state index in [1.165, 1.54) is 12.4 Å². The van der Waals surface area contributed by atoms with Gasteiger partial charge in [-0.2, -0.15) is 0 Å². The van der Waals surface area contributed by atoms with Gasteiger partial charge < -0.3 is 9.47 Å². The average molecular weight is 231 g/mol. The van der Waals surface area contributed by atoms with Crippen molar-refractivity contribution < 1.29 is 14.3 Å². The second-order valence-corrected chi connectivity index (χ2v) is 3.10. The average Bonchev–Trinajstić information content (AvgIpc) is 2.24. The van der Waals surface area contributed by atoms with E-state index in [1.807, 2.05) is 0 Å². The summed E-state index contributed by atoms with van der Waals surface area (Å²) in [5, 5.41) is 0.168. The summed E-state index contributed by atoms with van der Waals surface area (Å²) in [7, 11) is 1.59. The summed E-state index contributed by atoms with van der Waals surface area (Å²) in [6.07, 6.45) is 3.31. The molecule has 0 atom stereocenters. The Hall–Kier alpha value is -1.20. The molecule has 0 aromatic carbocycles. The van der Waals surface area contributed by atoms with Gasteiger partial charge in [-0.3, -0.25) is 4.98 Å². The number of aromatic nitrogens is 2. The van der Waals surface area contributed by atoms with Gasteiger partial charge in [0.1, 0.15) is 5.15 Å². The Morgan fingerprint density at radius 1 is 1.47 bits per heavy atom. The highest BCUT2D eigenvalue weighted by Crippen LogP contribution is 2.03. The molecule has 0 spiro atoms. The van der Waals surface area contributed by atoms with Crippen molar-refractivity contribution in [3.8, 4) is 0 Å². The van der Waals surface area contributed by atoms with Crippen LogP contribution in [-0.4, -0.2) is 36.3 Å². The van der Waals surface area contributed by atoms with Gasteiger partial charge in [-0.1, -0.05) is 11.6 Å². The summed E-state index contributed by atoms with van der Waals surface area (Å²) < 4.78 is 9.71. The van der Waals surface area contributed by atoms with E-state index in [4.69, 9.17) is 21.1 Å². The molecule has 1 aromatic heterocycles. The third kappa shape index (κ3) is 4.22. The monoisotopic (exact) mass is 230 g/mol. The Labute approximate surface area is 92.4 Å². The van der Waals surface area contributed by atoms with Crippen LogP contribution in [0.3, 0.4) is 0 Å². The molecule has 5 nitrogen and oxygen atoms in total. The molecule has 1 heterocycles. The van der Waals surface area contributed by atoms with Crippen molar-refractivity contribution in [3.63, 3.8) is 0 Å². The largest absolute Gasteiger partial charge is 0.461 e. The maximum atomic E-state index is 11.3. The lowest BCUT2D eigenvalue weighted by Gasteiger charge is -2.03. The van der Waals surface area contributed by atoms with E-state index >= 15 is 0 Å². The number of hydrogen-bond acceptors (Lipinski definition) is 5. The highest BCUT2D eigenvalue weighted by molar-refractivity contribution is 6.29. The summed E-state index contributed by atoms with van der Waals surface area (Å²) in [5.41, 5.74) is 0.111. The molecule has 1 aromatic rings. The van der Waals surface area contributed by atoms with E-state index in [1.54, 1.807) is 7.11 Å². The smallest absolute Gasteiger partial charge is 0.358 e. The van der Waals surface area contributed by atoms with Gasteiger partial charge in [0.25, 0.3) is 0 Å². The van der Waals surface area contributed by atoms with E-state index < -0.39 is 5.97 Å². The van der Waals surface area contributed by atoms with Gasteiger partial charge in [0.15, 0.2) is 5.69 Å². The molecule has 0 aliphatic carbocycles. The van der Waals surface area contributed by atoms with Crippen molar-refractivity contribution in [2.45, 2.75) is 6.42 Å². The molecule has 0 radical (unpaired) electrons. The summed E-state index contributed by atoms with van der Waals surface area (Å²) >= 11 is 5.57. The van der Waals surface area contributed by atoms with Crippen LogP contribution < -0.4 is 0 Å². The summed E-state index contributed by atoms with van der Waals surface area (Å²) in [6.45, 7) is 0.843. The van der Waals surface area contributed by atoms with Gasteiger partial charge in [0, 0.05) is 20.1 Å². The van der Waals surface area contributed by atoms with Crippen molar-refractivity contribution in [2.75, 3.05) is 20.3 Å². The van der Waals surface area contributed by atoms with Crippen LogP contribution in [0.25, 0.3) is 0 Å². The van der Waals surface area contributed by atoms with Crippen molar-refractivity contribution >= 4 is 17.6 Å². The summed E-state index contributed by atoms with van der Waals surface area (Å²) in [5.74, 6) is -0.527. The molecule has 82 valence electrons. The van der Waals surface area contributed by atoms with Crippen molar-refractivity contribution in [2.24, 2.45) is 0 Å². The number of carbonyl (C=O) groups is 1.